The molecule has 0 saturated carbocycles. The Morgan fingerprint density at radius 3 is 2.42 bits per heavy atom. The van der Waals surface area contributed by atoms with Gasteiger partial charge in [-0.15, -0.1) is 5.10 Å². The first-order valence-electron chi connectivity index (χ1n) is 8.01. The fraction of sp³-hybridized carbons (Fsp3) is 0.412. The molecule has 0 radical (unpaired) electrons. The van der Waals surface area contributed by atoms with Crippen molar-refractivity contribution >= 4 is 11.9 Å². The lowest BCUT2D eigenvalue weighted by Crippen LogP contribution is -2.16. The maximum atomic E-state index is 12.9. The quantitative estimate of drug-likeness (QED) is 0.563. The van der Waals surface area contributed by atoms with Crippen molar-refractivity contribution in [2.24, 2.45) is 0 Å². The van der Waals surface area contributed by atoms with Crippen LogP contribution in [0.4, 0.5) is 4.39 Å². The van der Waals surface area contributed by atoms with Crippen molar-refractivity contribution in [1.82, 2.24) is 15.0 Å². The molecule has 0 bridgehead atoms. The van der Waals surface area contributed by atoms with Crippen LogP contribution in [-0.4, -0.2) is 46.3 Å². The molecule has 2 aromatic rings. The van der Waals surface area contributed by atoms with Crippen LogP contribution in [0.2, 0.25) is 0 Å². The van der Waals surface area contributed by atoms with E-state index in [0.29, 0.717) is 31.4 Å². The fourth-order valence-corrected chi connectivity index (χ4v) is 2.45. The van der Waals surface area contributed by atoms with Crippen molar-refractivity contribution < 1.29 is 28.6 Å². The minimum Gasteiger partial charge on any atom is -0.464 e. The first-order valence-corrected chi connectivity index (χ1v) is 8.01. The number of aliphatic hydroxyl groups excluding tert-OH is 1. The molecule has 1 aromatic carbocycles. The van der Waals surface area contributed by atoms with Crippen LogP contribution in [0.25, 0.3) is 0 Å². The molecule has 1 atom stereocenters. The molecule has 1 heterocycles. The Labute approximate surface area is 149 Å². The van der Waals surface area contributed by atoms with E-state index in [0.717, 1.165) is 0 Å². The lowest BCUT2D eigenvalue weighted by molar-refractivity contribution is 0.0543. The Kier molecular flexibility index (Phi) is 6.79. The van der Waals surface area contributed by atoms with Gasteiger partial charge in [-0.05, 0) is 37.0 Å². The first-order chi connectivity index (χ1) is 12.5. The molecule has 0 fully saturated rings. The zero-order chi connectivity index (χ0) is 19.1. The monoisotopic (exact) mass is 365 g/mol. The Morgan fingerprint density at radius 2 is 1.81 bits per heavy atom. The third-order valence-electron chi connectivity index (χ3n) is 3.84. The van der Waals surface area contributed by atoms with Gasteiger partial charge in [0.2, 0.25) is 5.69 Å². The largest absolute Gasteiger partial charge is 0.464 e. The molecule has 140 valence electrons. The van der Waals surface area contributed by atoms with Gasteiger partial charge in [0.25, 0.3) is 0 Å². The van der Waals surface area contributed by atoms with Gasteiger partial charge in [-0.2, -0.15) is 0 Å². The van der Waals surface area contributed by atoms with E-state index in [2.05, 4.69) is 19.8 Å². The van der Waals surface area contributed by atoms with Crippen LogP contribution in [0, 0.1) is 5.82 Å². The van der Waals surface area contributed by atoms with Crippen LogP contribution >= 0.6 is 0 Å². The van der Waals surface area contributed by atoms with E-state index in [1.165, 1.54) is 43.2 Å². The highest BCUT2D eigenvalue weighted by Crippen LogP contribution is 2.20. The molecular weight excluding hydrogens is 345 g/mol. The summed E-state index contributed by atoms with van der Waals surface area (Å²) in [6.45, 7) is 0.310. The van der Waals surface area contributed by atoms with Gasteiger partial charge in [0.15, 0.2) is 5.69 Å². The number of hydrogen-bond donors (Lipinski definition) is 1. The molecule has 0 saturated heterocycles. The van der Waals surface area contributed by atoms with E-state index in [1.807, 2.05) is 0 Å². The lowest BCUT2D eigenvalue weighted by atomic mass is 10.0. The molecule has 9 heteroatoms. The minimum absolute atomic E-state index is 0.0709. The molecule has 26 heavy (non-hydrogen) atoms. The average Bonchev–Trinajstić information content (AvgIpc) is 3.08. The lowest BCUT2D eigenvalue weighted by Gasteiger charge is -2.11. The van der Waals surface area contributed by atoms with Crippen LogP contribution in [0.3, 0.4) is 0 Å². The number of esters is 2. The van der Waals surface area contributed by atoms with Gasteiger partial charge in [0.1, 0.15) is 5.82 Å². The summed E-state index contributed by atoms with van der Waals surface area (Å²) in [5.74, 6) is -1.87. The topological polar surface area (TPSA) is 104 Å². The van der Waals surface area contributed by atoms with Gasteiger partial charge < -0.3 is 14.6 Å². The number of carbonyl (C=O) groups is 2. The highest BCUT2D eigenvalue weighted by Gasteiger charge is 2.26. The standard InChI is InChI=1S/C17H20FN3O5/c1-25-16(23)14-15(17(24)26-2)21(20-19-14)10-4-3-5-13(22)11-6-8-12(18)9-7-11/h6-9,13,22H,3-5,10H2,1-2H3. The van der Waals surface area contributed by atoms with Crippen molar-refractivity contribution in [3.05, 3.63) is 47.0 Å². The molecule has 1 aromatic heterocycles. The van der Waals surface area contributed by atoms with Gasteiger partial charge in [0.05, 0.1) is 20.3 Å². The summed E-state index contributed by atoms with van der Waals surface area (Å²) in [7, 11) is 2.37. The van der Waals surface area contributed by atoms with Gasteiger partial charge in [-0.3, -0.25) is 0 Å². The van der Waals surface area contributed by atoms with Crippen LogP contribution in [0.5, 0.6) is 0 Å². The maximum Gasteiger partial charge on any atom is 0.361 e. The summed E-state index contributed by atoms with van der Waals surface area (Å²) in [6, 6.07) is 5.67. The van der Waals surface area contributed by atoms with E-state index in [-0.39, 0.29) is 17.2 Å². The highest BCUT2D eigenvalue weighted by molar-refractivity contribution is 6.00. The van der Waals surface area contributed by atoms with E-state index in [9.17, 15) is 19.1 Å². The Morgan fingerprint density at radius 1 is 1.15 bits per heavy atom. The number of aromatic nitrogens is 3. The third kappa shape index (κ3) is 4.63. The van der Waals surface area contributed by atoms with E-state index >= 15 is 0 Å². The van der Waals surface area contributed by atoms with Crippen molar-refractivity contribution in [2.45, 2.75) is 31.9 Å². The number of rotatable bonds is 8. The van der Waals surface area contributed by atoms with E-state index in [1.54, 1.807) is 0 Å². The number of unbranched alkanes of at least 4 members (excludes halogenated alkanes) is 1. The number of hydrogen-bond acceptors (Lipinski definition) is 7. The Balaban J connectivity index is 1.95. The van der Waals surface area contributed by atoms with Gasteiger partial charge in [0, 0.05) is 6.54 Å². The summed E-state index contributed by atoms with van der Waals surface area (Å²) >= 11 is 0. The van der Waals surface area contributed by atoms with Gasteiger partial charge in [-0.1, -0.05) is 17.3 Å². The number of benzene rings is 1. The van der Waals surface area contributed by atoms with Gasteiger partial charge in [-0.25, -0.2) is 18.7 Å². The van der Waals surface area contributed by atoms with Crippen LogP contribution in [0.15, 0.2) is 24.3 Å². The number of aliphatic hydroxyl groups is 1. The third-order valence-corrected chi connectivity index (χ3v) is 3.84. The molecule has 0 amide bonds. The second-order valence-corrected chi connectivity index (χ2v) is 5.56. The number of methoxy groups -OCH3 is 2. The van der Waals surface area contributed by atoms with Crippen molar-refractivity contribution in [1.29, 1.82) is 0 Å². The van der Waals surface area contributed by atoms with Crippen LogP contribution < -0.4 is 0 Å². The fourth-order valence-electron chi connectivity index (χ4n) is 2.45. The number of ether oxygens (including phenoxy) is 2. The van der Waals surface area contributed by atoms with Crippen LogP contribution in [0.1, 0.15) is 51.9 Å². The van der Waals surface area contributed by atoms with Crippen molar-refractivity contribution in [3.63, 3.8) is 0 Å². The predicted molar refractivity (Wildman–Crippen MR) is 87.9 cm³/mol. The summed E-state index contributed by atoms with van der Waals surface area (Å²) in [5, 5.41) is 17.6. The van der Waals surface area contributed by atoms with Crippen molar-refractivity contribution in [2.75, 3.05) is 14.2 Å². The Bertz CT molecular complexity index is 760. The SMILES string of the molecule is COC(=O)c1nnn(CCCCC(O)c2ccc(F)cc2)c1C(=O)OC. The van der Waals surface area contributed by atoms with Crippen molar-refractivity contribution in [3.8, 4) is 0 Å². The first kappa shape index (κ1) is 19.5. The number of halogens is 1. The normalized spacial score (nSPS) is 11.8. The minimum atomic E-state index is -0.775. The summed E-state index contributed by atoms with van der Waals surface area (Å²) in [5.41, 5.74) is 0.361. The van der Waals surface area contributed by atoms with Gasteiger partial charge >= 0.3 is 11.9 Å². The smallest absolute Gasteiger partial charge is 0.361 e. The molecule has 0 aliphatic carbocycles. The number of nitrogens with zero attached hydrogens (tertiary/aromatic N) is 3. The highest BCUT2D eigenvalue weighted by atomic mass is 19.1. The molecule has 2 rings (SSSR count). The predicted octanol–water partition coefficient (Wildman–Crippen LogP) is 1.89. The summed E-state index contributed by atoms with van der Waals surface area (Å²) < 4.78 is 23.4. The molecule has 0 aliphatic rings. The zero-order valence-electron chi connectivity index (χ0n) is 14.5. The average molecular weight is 365 g/mol. The molecular formula is C17H20FN3O5. The zero-order valence-corrected chi connectivity index (χ0v) is 14.5. The second-order valence-electron chi connectivity index (χ2n) is 5.56. The molecule has 8 nitrogen and oxygen atoms in total. The number of aryl methyl sites for hydroxylation is 1. The summed E-state index contributed by atoms with van der Waals surface area (Å²) in [4.78, 5) is 23.6. The van der Waals surface area contributed by atoms with E-state index in [4.69, 9.17) is 0 Å². The maximum absolute atomic E-state index is 12.9. The second kappa shape index (κ2) is 9.04. The van der Waals surface area contributed by atoms with E-state index < -0.39 is 18.0 Å². The Hall–Kier alpha value is -2.81. The molecule has 1 unspecified atom stereocenters. The molecule has 0 aliphatic heterocycles. The number of carbonyl (C=O) groups excluding carboxylic acids is 2. The summed E-state index contributed by atoms with van der Waals surface area (Å²) in [6.07, 6.45) is 0.938. The van der Waals surface area contributed by atoms with Crippen LogP contribution in [-0.2, 0) is 16.0 Å². The molecule has 1 N–H and O–H groups in total. The molecule has 0 spiro atoms.